The van der Waals surface area contributed by atoms with Crippen LogP contribution in [0.15, 0.2) is 27.6 Å². The quantitative estimate of drug-likeness (QED) is 0.690. The summed E-state index contributed by atoms with van der Waals surface area (Å²) in [5, 5.41) is 0. The average molecular weight is 419 g/mol. The van der Waals surface area contributed by atoms with Gasteiger partial charge < -0.3 is 9.64 Å². The molecule has 1 aliphatic heterocycles. The number of methoxy groups -OCH3 is 1. The summed E-state index contributed by atoms with van der Waals surface area (Å²) in [6, 6.07) is 4.77. The normalized spacial score (nSPS) is 22.5. The van der Waals surface area contributed by atoms with E-state index < -0.39 is 10.0 Å². The van der Waals surface area contributed by atoms with Crippen molar-refractivity contribution in [2.24, 2.45) is 11.8 Å². The van der Waals surface area contributed by atoms with E-state index in [0.29, 0.717) is 16.8 Å². The molecule has 0 saturated carbocycles. The standard InChI is InChI=1S/C17H27BrN2O3S/c1-13-9-14(2)12-20(11-13)8-4-7-19-24(21,22)15-5-6-17(23-3)16(18)10-15/h5-6,10,13-14,19H,4,7-9,11-12H2,1-3H3/t13-,14+. The van der Waals surface area contributed by atoms with E-state index in [9.17, 15) is 8.42 Å². The maximum Gasteiger partial charge on any atom is 0.240 e. The van der Waals surface area contributed by atoms with Crippen LogP contribution in [0.4, 0.5) is 0 Å². The second kappa shape index (κ2) is 8.65. The molecule has 0 spiro atoms. The summed E-state index contributed by atoms with van der Waals surface area (Å²) in [6.45, 7) is 8.18. The van der Waals surface area contributed by atoms with Crippen LogP contribution in [0.2, 0.25) is 0 Å². The van der Waals surface area contributed by atoms with Crippen LogP contribution in [0.25, 0.3) is 0 Å². The lowest BCUT2D eigenvalue weighted by Gasteiger charge is -2.34. The molecule has 1 heterocycles. The van der Waals surface area contributed by atoms with Crippen molar-refractivity contribution in [1.29, 1.82) is 0 Å². The van der Waals surface area contributed by atoms with E-state index in [4.69, 9.17) is 4.74 Å². The Balaban J connectivity index is 1.83. The molecule has 136 valence electrons. The minimum absolute atomic E-state index is 0.246. The fourth-order valence-corrected chi connectivity index (χ4v) is 5.17. The van der Waals surface area contributed by atoms with Crippen LogP contribution in [0, 0.1) is 11.8 Å². The predicted molar refractivity (Wildman–Crippen MR) is 99.9 cm³/mol. The Labute approximate surface area is 153 Å². The number of piperidine rings is 1. The molecular formula is C17H27BrN2O3S. The molecule has 0 aromatic heterocycles. The van der Waals surface area contributed by atoms with Gasteiger partial charge in [0, 0.05) is 19.6 Å². The molecule has 0 amide bonds. The topological polar surface area (TPSA) is 58.6 Å². The molecule has 1 N–H and O–H groups in total. The van der Waals surface area contributed by atoms with Crippen LogP contribution < -0.4 is 9.46 Å². The van der Waals surface area contributed by atoms with Crippen molar-refractivity contribution in [2.45, 2.75) is 31.6 Å². The number of nitrogens with one attached hydrogen (secondary N) is 1. The van der Waals surface area contributed by atoms with Crippen molar-refractivity contribution in [3.05, 3.63) is 22.7 Å². The molecular weight excluding hydrogens is 392 g/mol. The summed E-state index contributed by atoms with van der Waals surface area (Å²) in [6.07, 6.45) is 2.10. The zero-order valence-electron chi connectivity index (χ0n) is 14.6. The molecule has 24 heavy (non-hydrogen) atoms. The van der Waals surface area contributed by atoms with E-state index in [1.54, 1.807) is 25.3 Å². The van der Waals surface area contributed by atoms with Gasteiger partial charge in [0.2, 0.25) is 10.0 Å². The first-order chi connectivity index (χ1) is 11.3. The van der Waals surface area contributed by atoms with Crippen LogP contribution in [-0.2, 0) is 10.0 Å². The molecule has 1 fully saturated rings. The highest BCUT2D eigenvalue weighted by Crippen LogP contribution is 2.27. The number of rotatable bonds is 7. The summed E-state index contributed by atoms with van der Waals surface area (Å²) < 4.78 is 33.1. The van der Waals surface area contributed by atoms with Crippen LogP contribution in [0.1, 0.15) is 26.7 Å². The van der Waals surface area contributed by atoms with Crippen molar-refractivity contribution in [3.8, 4) is 5.75 Å². The largest absolute Gasteiger partial charge is 0.496 e. The molecule has 1 aromatic rings. The fraction of sp³-hybridized carbons (Fsp3) is 0.647. The second-order valence-electron chi connectivity index (χ2n) is 6.75. The fourth-order valence-electron chi connectivity index (χ4n) is 3.38. The maximum absolute atomic E-state index is 12.4. The van der Waals surface area contributed by atoms with Gasteiger partial charge in [-0.3, -0.25) is 0 Å². The summed E-state index contributed by atoms with van der Waals surface area (Å²) in [5.74, 6) is 2.06. The number of nitrogens with zero attached hydrogens (tertiary/aromatic N) is 1. The lowest BCUT2D eigenvalue weighted by Crippen LogP contribution is -2.40. The SMILES string of the molecule is COc1ccc(S(=O)(=O)NCCCN2C[C@H](C)C[C@H](C)C2)cc1Br. The zero-order valence-corrected chi connectivity index (χ0v) is 17.0. The van der Waals surface area contributed by atoms with E-state index in [-0.39, 0.29) is 4.90 Å². The van der Waals surface area contributed by atoms with E-state index >= 15 is 0 Å². The number of ether oxygens (including phenoxy) is 1. The third-order valence-electron chi connectivity index (χ3n) is 4.32. The molecule has 0 unspecified atom stereocenters. The Morgan fingerprint density at radius 1 is 1.29 bits per heavy atom. The molecule has 2 rings (SSSR count). The van der Waals surface area contributed by atoms with Gasteiger partial charge in [-0.25, -0.2) is 13.1 Å². The van der Waals surface area contributed by atoms with Crippen LogP contribution >= 0.6 is 15.9 Å². The average Bonchev–Trinajstić information content (AvgIpc) is 2.50. The number of halogens is 1. The van der Waals surface area contributed by atoms with Gasteiger partial charge in [0.05, 0.1) is 16.5 Å². The molecule has 1 aromatic carbocycles. The monoisotopic (exact) mass is 418 g/mol. The van der Waals surface area contributed by atoms with E-state index in [2.05, 4.69) is 39.4 Å². The Bertz CT molecular complexity index is 641. The Kier molecular flexibility index (Phi) is 7.10. The molecule has 0 aliphatic carbocycles. The molecule has 0 radical (unpaired) electrons. The smallest absolute Gasteiger partial charge is 0.240 e. The molecule has 5 nitrogen and oxygen atoms in total. The first kappa shape index (κ1) is 19.7. The van der Waals surface area contributed by atoms with Gasteiger partial charge in [-0.05, 0) is 65.4 Å². The van der Waals surface area contributed by atoms with Crippen LogP contribution in [0.3, 0.4) is 0 Å². The molecule has 0 bridgehead atoms. The summed E-state index contributed by atoms with van der Waals surface area (Å²) in [7, 11) is -1.94. The van der Waals surface area contributed by atoms with Crippen molar-refractivity contribution < 1.29 is 13.2 Å². The van der Waals surface area contributed by atoms with Gasteiger partial charge in [-0.1, -0.05) is 13.8 Å². The number of hydrogen-bond acceptors (Lipinski definition) is 4. The first-order valence-corrected chi connectivity index (χ1v) is 10.6. The Hall–Kier alpha value is -0.630. The number of benzene rings is 1. The highest BCUT2D eigenvalue weighted by molar-refractivity contribution is 9.10. The third kappa shape index (κ3) is 5.44. The summed E-state index contributed by atoms with van der Waals surface area (Å²) >= 11 is 3.32. The minimum atomic E-state index is -3.49. The Morgan fingerprint density at radius 2 is 1.96 bits per heavy atom. The highest BCUT2D eigenvalue weighted by Gasteiger charge is 2.21. The third-order valence-corrected chi connectivity index (χ3v) is 6.40. The lowest BCUT2D eigenvalue weighted by atomic mass is 9.92. The number of hydrogen-bond donors (Lipinski definition) is 1. The van der Waals surface area contributed by atoms with Gasteiger partial charge in [-0.15, -0.1) is 0 Å². The summed E-state index contributed by atoms with van der Waals surface area (Å²) in [4.78, 5) is 2.69. The van der Waals surface area contributed by atoms with E-state index in [1.165, 1.54) is 6.42 Å². The Morgan fingerprint density at radius 3 is 2.54 bits per heavy atom. The van der Waals surface area contributed by atoms with Gasteiger partial charge >= 0.3 is 0 Å². The molecule has 2 atom stereocenters. The summed E-state index contributed by atoms with van der Waals surface area (Å²) in [5.41, 5.74) is 0. The van der Waals surface area contributed by atoms with E-state index in [0.717, 1.165) is 37.9 Å². The van der Waals surface area contributed by atoms with Crippen molar-refractivity contribution >= 4 is 26.0 Å². The zero-order chi connectivity index (χ0) is 17.7. The van der Waals surface area contributed by atoms with E-state index in [1.807, 2.05) is 0 Å². The molecule has 7 heteroatoms. The first-order valence-electron chi connectivity index (χ1n) is 8.37. The lowest BCUT2D eigenvalue weighted by molar-refractivity contribution is 0.140. The minimum Gasteiger partial charge on any atom is -0.496 e. The van der Waals surface area contributed by atoms with Crippen molar-refractivity contribution in [2.75, 3.05) is 33.3 Å². The van der Waals surface area contributed by atoms with Crippen LogP contribution in [0.5, 0.6) is 5.75 Å². The number of sulfonamides is 1. The van der Waals surface area contributed by atoms with Gasteiger partial charge in [0.15, 0.2) is 0 Å². The van der Waals surface area contributed by atoms with Gasteiger partial charge in [-0.2, -0.15) is 0 Å². The highest BCUT2D eigenvalue weighted by atomic mass is 79.9. The molecule has 1 aliphatic rings. The predicted octanol–water partition coefficient (Wildman–Crippen LogP) is 3.10. The molecule has 1 saturated heterocycles. The van der Waals surface area contributed by atoms with Crippen molar-refractivity contribution in [3.63, 3.8) is 0 Å². The van der Waals surface area contributed by atoms with Gasteiger partial charge in [0.25, 0.3) is 0 Å². The number of likely N-dealkylation sites (tertiary alicyclic amines) is 1. The van der Waals surface area contributed by atoms with Crippen LogP contribution in [-0.4, -0.2) is 46.6 Å². The maximum atomic E-state index is 12.4. The van der Waals surface area contributed by atoms with Crippen molar-refractivity contribution in [1.82, 2.24) is 9.62 Å². The van der Waals surface area contributed by atoms with Gasteiger partial charge in [0.1, 0.15) is 5.75 Å². The second-order valence-corrected chi connectivity index (χ2v) is 9.37.